The summed E-state index contributed by atoms with van der Waals surface area (Å²) in [5, 5.41) is 14.5. The van der Waals surface area contributed by atoms with Gasteiger partial charge in [-0.3, -0.25) is 19.7 Å². The summed E-state index contributed by atoms with van der Waals surface area (Å²) in [4.78, 5) is 29.3. The maximum Gasteiger partial charge on any atom is 0.272 e. The standard InChI is InChI=1S/C21H24N6O3/c1-21(2,3)18-9-15(24-25-18)20(29)23-16-11-30-12-17(16)27-19(28)7-6-14(26-27)13-5-4-8-22-10-13/h4-10,16-17H,11-12H2,1-3H3,(H,23,29)(H,24,25). The number of H-pyrrole nitrogens is 1. The molecular weight excluding hydrogens is 384 g/mol. The summed E-state index contributed by atoms with van der Waals surface area (Å²) in [7, 11) is 0. The molecule has 2 N–H and O–H groups in total. The maximum atomic E-state index is 12.7. The van der Waals surface area contributed by atoms with Crippen LogP contribution in [0, 0.1) is 0 Å². The fraction of sp³-hybridized carbons (Fsp3) is 0.381. The lowest BCUT2D eigenvalue weighted by Crippen LogP contribution is -2.44. The molecular formula is C21H24N6O3. The van der Waals surface area contributed by atoms with E-state index in [2.05, 4.69) is 25.6 Å². The monoisotopic (exact) mass is 408 g/mol. The Labute approximate surface area is 173 Å². The number of amides is 1. The molecule has 156 valence electrons. The summed E-state index contributed by atoms with van der Waals surface area (Å²) >= 11 is 0. The fourth-order valence-electron chi connectivity index (χ4n) is 3.32. The number of aromatic amines is 1. The van der Waals surface area contributed by atoms with Crippen molar-refractivity contribution in [2.45, 2.75) is 38.3 Å². The Morgan fingerprint density at radius 1 is 1.27 bits per heavy atom. The molecule has 9 heteroatoms. The molecule has 2 unspecified atom stereocenters. The molecule has 1 fully saturated rings. The van der Waals surface area contributed by atoms with Crippen LogP contribution in [0.3, 0.4) is 0 Å². The zero-order chi connectivity index (χ0) is 21.3. The van der Waals surface area contributed by atoms with E-state index in [1.54, 1.807) is 24.5 Å². The van der Waals surface area contributed by atoms with Crippen LogP contribution in [0.4, 0.5) is 0 Å². The lowest BCUT2D eigenvalue weighted by atomic mass is 9.92. The number of rotatable bonds is 4. The van der Waals surface area contributed by atoms with E-state index in [1.807, 2.05) is 32.9 Å². The number of carbonyl (C=O) groups is 1. The average Bonchev–Trinajstić information content (AvgIpc) is 3.39. The van der Waals surface area contributed by atoms with Crippen LogP contribution in [-0.2, 0) is 10.2 Å². The van der Waals surface area contributed by atoms with Crippen LogP contribution in [0.1, 0.15) is 43.0 Å². The summed E-state index contributed by atoms with van der Waals surface area (Å²) < 4.78 is 6.95. The number of hydrogen-bond donors (Lipinski definition) is 2. The normalized spacial score (nSPS) is 19.0. The molecule has 0 bridgehead atoms. The van der Waals surface area contributed by atoms with Gasteiger partial charge in [0.25, 0.3) is 11.5 Å². The summed E-state index contributed by atoms with van der Waals surface area (Å²) in [6, 6.07) is 7.74. The first-order valence-electron chi connectivity index (χ1n) is 9.78. The Balaban J connectivity index is 1.56. The minimum absolute atomic E-state index is 0.144. The molecule has 0 aliphatic carbocycles. The highest BCUT2D eigenvalue weighted by molar-refractivity contribution is 5.92. The molecule has 4 rings (SSSR count). The van der Waals surface area contributed by atoms with Gasteiger partial charge in [0, 0.05) is 35.1 Å². The number of pyridine rings is 1. The first-order valence-corrected chi connectivity index (χ1v) is 9.78. The SMILES string of the molecule is CC(C)(C)c1cc(C(=O)NC2COCC2n2nc(-c3cccnc3)ccc2=O)n[nH]1. The molecule has 0 aromatic carbocycles. The molecule has 0 spiro atoms. The van der Waals surface area contributed by atoms with E-state index in [0.29, 0.717) is 11.4 Å². The molecule has 4 heterocycles. The largest absolute Gasteiger partial charge is 0.377 e. The van der Waals surface area contributed by atoms with Crippen molar-refractivity contribution in [1.29, 1.82) is 0 Å². The van der Waals surface area contributed by atoms with Crippen LogP contribution in [0.25, 0.3) is 11.3 Å². The van der Waals surface area contributed by atoms with E-state index in [-0.39, 0.29) is 30.1 Å². The molecule has 9 nitrogen and oxygen atoms in total. The van der Waals surface area contributed by atoms with E-state index in [0.717, 1.165) is 11.3 Å². The average molecular weight is 408 g/mol. The minimum Gasteiger partial charge on any atom is -0.377 e. The van der Waals surface area contributed by atoms with E-state index in [9.17, 15) is 9.59 Å². The second kappa shape index (κ2) is 7.83. The van der Waals surface area contributed by atoms with Crippen molar-refractivity contribution in [3.8, 4) is 11.3 Å². The van der Waals surface area contributed by atoms with Gasteiger partial charge in [-0.15, -0.1) is 0 Å². The Kier molecular flexibility index (Phi) is 5.21. The van der Waals surface area contributed by atoms with Crippen LogP contribution in [0.5, 0.6) is 0 Å². The smallest absolute Gasteiger partial charge is 0.272 e. The topological polar surface area (TPSA) is 115 Å². The number of carbonyl (C=O) groups excluding carboxylic acids is 1. The van der Waals surface area contributed by atoms with E-state index in [4.69, 9.17) is 4.74 Å². The van der Waals surface area contributed by atoms with Gasteiger partial charge < -0.3 is 10.1 Å². The summed E-state index contributed by atoms with van der Waals surface area (Å²) in [5.74, 6) is -0.321. The highest BCUT2D eigenvalue weighted by Crippen LogP contribution is 2.22. The summed E-state index contributed by atoms with van der Waals surface area (Å²) in [6.45, 7) is 6.68. The second-order valence-electron chi connectivity index (χ2n) is 8.34. The molecule has 2 atom stereocenters. The van der Waals surface area contributed by atoms with Crippen LogP contribution in [0.15, 0.2) is 47.5 Å². The predicted octanol–water partition coefficient (Wildman–Crippen LogP) is 1.70. The molecule has 1 aliphatic heterocycles. The Morgan fingerprint density at radius 3 is 2.80 bits per heavy atom. The van der Waals surface area contributed by atoms with Gasteiger partial charge in [0.05, 0.1) is 24.9 Å². The van der Waals surface area contributed by atoms with Gasteiger partial charge in [-0.2, -0.15) is 10.2 Å². The third kappa shape index (κ3) is 4.02. The van der Waals surface area contributed by atoms with Gasteiger partial charge in [0.15, 0.2) is 0 Å². The van der Waals surface area contributed by atoms with Crippen molar-refractivity contribution in [2.75, 3.05) is 13.2 Å². The highest BCUT2D eigenvalue weighted by atomic mass is 16.5. The molecule has 1 aliphatic rings. The molecule has 0 saturated carbocycles. The quantitative estimate of drug-likeness (QED) is 0.679. The third-order valence-electron chi connectivity index (χ3n) is 5.08. The van der Waals surface area contributed by atoms with Crippen molar-refractivity contribution < 1.29 is 9.53 Å². The number of nitrogens with one attached hydrogen (secondary N) is 2. The van der Waals surface area contributed by atoms with E-state index >= 15 is 0 Å². The van der Waals surface area contributed by atoms with Crippen LogP contribution < -0.4 is 10.9 Å². The van der Waals surface area contributed by atoms with Gasteiger partial charge in [-0.05, 0) is 24.3 Å². The van der Waals surface area contributed by atoms with Gasteiger partial charge in [-0.25, -0.2) is 4.68 Å². The van der Waals surface area contributed by atoms with Crippen molar-refractivity contribution in [3.05, 3.63) is 64.5 Å². The second-order valence-corrected chi connectivity index (χ2v) is 8.34. The van der Waals surface area contributed by atoms with Crippen molar-refractivity contribution >= 4 is 5.91 Å². The molecule has 0 radical (unpaired) electrons. The zero-order valence-corrected chi connectivity index (χ0v) is 17.1. The molecule has 3 aromatic heterocycles. The lowest BCUT2D eigenvalue weighted by Gasteiger charge is -2.20. The minimum atomic E-state index is -0.418. The Morgan fingerprint density at radius 2 is 2.10 bits per heavy atom. The maximum absolute atomic E-state index is 12.7. The van der Waals surface area contributed by atoms with Crippen LogP contribution in [-0.4, -0.2) is 50.1 Å². The van der Waals surface area contributed by atoms with Gasteiger partial charge in [-0.1, -0.05) is 20.8 Å². The zero-order valence-electron chi connectivity index (χ0n) is 17.1. The van der Waals surface area contributed by atoms with Gasteiger partial charge in [0.2, 0.25) is 0 Å². The predicted molar refractivity (Wildman–Crippen MR) is 110 cm³/mol. The first kappa shape index (κ1) is 20.0. The number of hydrogen-bond acceptors (Lipinski definition) is 6. The van der Waals surface area contributed by atoms with Crippen molar-refractivity contribution in [1.82, 2.24) is 30.3 Å². The summed E-state index contributed by atoms with van der Waals surface area (Å²) in [6.07, 6.45) is 3.36. The van der Waals surface area contributed by atoms with Crippen LogP contribution >= 0.6 is 0 Å². The molecule has 3 aromatic rings. The fourth-order valence-corrected chi connectivity index (χ4v) is 3.32. The van der Waals surface area contributed by atoms with Gasteiger partial charge >= 0.3 is 0 Å². The molecule has 30 heavy (non-hydrogen) atoms. The number of ether oxygens (including phenoxy) is 1. The first-order chi connectivity index (χ1) is 14.3. The lowest BCUT2D eigenvalue weighted by molar-refractivity contribution is 0.0919. The third-order valence-corrected chi connectivity index (χ3v) is 5.08. The van der Waals surface area contributed by atoms with Crippen molar-refractivity contribution in [2.24, 2.45) is 0 Å². The summed E-state index contributed by atoms with van der Waals surface area (Å²) in [5.41, 5.74) is 2.20. The van der Waals surface area contributed by atoms with Gasteiger partial charge in [0.1, 0.15) is 11.7 Å². The van der Waals surface area contributed by atoms with E-state index < -0.39 is 12.1 Å². The number of aromatic nitrogens is 5. The van der Waals surface area contributed by atoms with Crippen LogP contribution in [0.2, 0.25) is 0 Å². The van der Waals surface area contributed by atoms with Crippen molar-refractivity contribution in [3.63, 3.8) is 0 Å². The molecule has 1 amide bonds. The Hall–Kier alpha value is -3.33. The Bertz CT molecular complexity index is 1100. The highest BCUT2D eigenvalue weighted by Gasteiger charge is 2.33. The van der Waals surface area contributed by atoms with E-state index in [1.165, 1.54) is 10.7 Å². The number of nitrogens with zero attached hydrogens (tertiary/aromatic N) is 4. The molecule has 1 saturated heterocycles.